The molecular weight excluding hydrogens is 394 g/mol. The van der Waals surface area contributed by atoms with Crippen molar-refractivity contribution < 1.29 is 14.5 Å². The number of carbonyl (C=O) groups is 1. The van der Waals surface area contributed by atoms with Gasteiger partial charge in [0, 0.05) is 30.9 Å². The summed E-state index contributed by atoms with van der Waals surface area (Å²) in [6, 6.07) is 21.9. The number of hydrogen-bond acceptors (Lipinski definition) is 5. The van der Waals surface area contributed by atoms with E-state index in [4.69, 9.17) is 4.74 Å². The highest BCUT2D eigenvalue weighted by Crippen LogP contribution is 2.16. The van der Waals surface area contributed by atoms with E-state index in [2.05, 4.69) is 10.6 Å². The minimum Gasteiger partial charge on any atom is -0.497 e. The zero-order chi connectivity index (χ0) is 22.1. The standard InChI is InChI=1S/C24H25N3O4/c1-31-23-11-7-18(8-12-23)13-14-25-24(28)16-19-5-9-21(10-6-19)26-17-20-3-2-4-22(15-20)27(29)30/h2-12,15,26H,13-14,16-17H2,1H3,(H,25,28). The first kappa shape index (κ1) is 21.8. The molecule has 0 aliphatic carbocycles. The summed E-state index contributed by atoms with van der Waals surface area (Å²) >= 11 is 0. The maximum absolute atomic E-state index is 12.2. The third-order valence-electron chi connectivity index (χ3n) is 4.83. The highest BCUT2D eigenvalue weighted by atomic mass is 16.6. The van der Waals surface area contributed by atoms with Crippen LogP contribution in [0, 0.1) is 10.1 Å². The minimum atomic E-state index is -0.402. The Balaban J connectivity index is 1.42. The number of rotatable bonds is 10. The van der Waals surface area contributed by atoms with Crippen LogP contribution in [0.25, 0.3) is 0 Å². The molecule has 3 aromatic carbocycles. The van der Waals surface area contributed by atoms with Gasteiger partial charge in [0.15, 0.2) is 0 Å². The van der Waals surface area contributed by atoms with Crippen molar-refractivity contribution in [3.05, 3.63) is 99.6 Å². The molecule has 0 aliphatic heterocycles. The van der Waals surface area contributed by atoms with Crippen molar-refractivity contribution in [2.75, 3.05) is 19.0 Å². The van der Waals surface area contributed by atoms with Crippen LogP contribution in [-0.2, 0) is 24.2 Å². The van der Waals surface area contributed by atoms with Crippen LogP contribution in [0.1, 0.15) is 16.7 Å². The Morgan fingerprint density at radius 3 is 2.35 bits per heavy atom. The zero-order valence-electron chi connectivity index (χ0n) is 17.3. The Bertz CT molecular complexity index is 1020. The van der Waals surface area contributed by atoms with Gasteiger partial charge in [-0.05, 0) is 47.4 Å². The van der Waals surface area contributed by atoms with E-state index in [1.165, 1.54) is 6.07 Å². The lowest BCUT2D eigenvalue weighted by atomic mass is 10.1. The summed E-state index contributed by atoms with van der Waals surface area (Å²) in [4.78, 5) is 22.6. The Morgan fingerprint density at radius 2 is 1.68 bits per heavy atom. The summed E-state index contributed by atoms with van der Waals surface area (Å²) in [6.07, 6.45) is 1.07. The average Bonchev–Trinajstić information content (AvgIpc) is 2.79. The normalized spacial score (nSPS) is 10.4. The molecular formula is C24H25N3O4. The van der Waals surface area contributed by atoms with E-state index in [1.54, 1.807) is 19.2 Å². The van der Waals surface area contributed by atoms with E-state index >= 15 is 0 Å². The van der Waals surface area contributed by atoms with Gasteiger partial charge in [-0.2, -0.15) is 0 Å². The maximum Gasteiger partial charge on any atom is 0.269 e. The molecule has 0 saturated carbocycles. The lowest BCUT2D eigenvalue weighted by Crippen LogP contribution is -2.27. The van der Waals surface area contributed by atoms with Crippen molar-refractivity contribution in [1.29, 1.82) is 0 Å². The summed E-state index contributed by atoms with van der Waals surface area (Å²) in [6.45, 7) is 1.06. The molecule has 0 heterocycles. The van der Waals surface area contributed by atoms with Gasteiger partial charge in [-0.15, -0.1) is 0 Å². The summed E-state index contributed by atoms with van der Waals surface area (Å²) in [5, 5.41) is 17.0. The fraction of sp³-hybridized carbons (Fsp3) is 0.208. The molecule has 1 amide bonds. The fourth-order valence-electron chi connectivity index (χ4n) is 3.11. The molecule has 0 radical (unpaired) electrons. The number of carbonyl (C=O) groups excluding carboxylic acids is 1. The second-order valence-electron chi connectivity index (χ2n) is 7.10. The highest BCUT2D eigenvalue weighted by Gasteiger charge is 2.06. The summed E-state index contributed by atoms with van der Waals surface area (Å²) < 4.78 is 5.14. The van der Waals surface area contributed by atoms with Gasteiger partial charge >= 0.3 is 0 Å². The SMILES string of the molecule is COc1ccc(CCNC(=O)Cc2ccc(NCc3cccc([N+](=O)[O-])c3)cc2)cc1. The largest absolute Gasteiger partial charge is 0.497 e. The van der Waals surface area contributed by atoms with E-state index in [0.29, 0.717) is 19.5 Å². The van der Waals surface area contributed by atoms with Crippen LogP contribution in [0.5, 0.6) is 5.75 Å². The molecule has 3 aromatic rings. The van der Waals surface area contributed by atoms with Gasteiger partial charge in [0.05, 0.1) is 18.5 Å². The predicted molar refractivity (Wildman–Crippen MR) is 120 cm³/mol. The second-order valence-corrected chi connectivity index (χ2v) is 7.10. The Hall–Kier alpha value is -3.87. The molecule has 160 valence electrons. The lowest BCUT2D eigenvalue weighted by Gasteiger charge is -2.09. The number of nitrogens with one attached hydrogen (secondary N) is 2. The Kier molecular flexibility index (Phi) is 7.59. The number of anilines is 1. The first-order valence-electron chi connectivity index (χ1n) is 9.99. The minimum absolute atomic E-state index is 0.0224. The maximum atomic E-state index is 12.2. The van der Waals surface area contributed by atoms with Gasteiger partial charge < -0.3 is 15.4 Å². The molecule has 7 heteroatoms. The number of ether oxygens (including phenoxy) is 1. The van der Waals surface area contributed by atoms with Gasteiger partial charge in [0.2, 0.25) is 5.91 Å². The van der Waals surface area contributed by atoms with Crippen LogP contribution in [0.4, 0.5) is 11.4 Å². The molecule has 0 fully saturated rings. The first-order valence-corrected chi connectivity index (χ1v) is 9.99. The Labute approximate surface area is 181 Å². The fourth-order valence-corrected chi connectivity index (χ4v) is 3.11. The highest BCUT2D eigenvalue weighted by molar-refractivity contribution is 5.78. The summed E-state index contributed by atoms with van der Waals surface area (Å²) in [5.41, 5.74) is 3.85. The average molecular weight is 419 g/mol. The number of nitrogens with zero attached hydrogens (tertiary/aromatic N) is 1. The predicted octanol–water partition coefficient (Wildman–Crippen LogP) is 4.12. The van der Waals surface area contributed by atoms with Crippen molar-refractivity contribution >= 4 is 17.3 Å². The van der Waals surface area contributed by atoms with Crippen molar-refractivity contribution in [3.8, 4) is 5.75 Å². The van der Waals surface area contributed by atoms with Crippen LogP contribution < -0.4 is 15.4 Å². The van der Waals surface area contributed by atoms with Crippen LogP contribution in [0.2, 0.25) is 0 Å². The van der Waals surface area contributed by atoms with Gasteiger partial charge in [-0.3, -0.25) is 14.9 Å². The third kappa shape index (κ3) is 6.85. The van der Waals surface area contributed by atoms with Crippen molar-refractivity contribution in [2.24, 2.45) is 0 Å². The van der Waals surface area contributed by atoms with E-state index in [0.717, 1.165) is 34.5 Å². The van der Waals surface area contributed by atoms with Gasteiger partial charge in [-0.1, -0.05) is 36.4 Å². The zero-order valence-corrected chi connectivity index (χ0v) is 17.3. The molecule has 2 N–H and O–H groups in total. The number of amides is 1. The second kappa shape index (κ2) is 10.8. The number of benzene rings is 3. The number of hydrogen-bond donors (Lipinski definition) is 2. The van der Waals surface area contributed by atoms with Crippen LogP contribution in [-0.4, -0.2) is 24.5 Å². The van der Waals surface area contributed by atoms with Gasteiger partial charge in [-0.25, -0.2) is 0 Å². The number of methoxy groups -OCH3 is 1. The molecule has 0 bridgehead atoms. The summed E-state index contributed by atoms with van der Waals surface area (Å²) in [7, 11) is 1.63. The quantitative estimate of drug-likeness (QED) is 0.381. The molecule has 0 aromatic heterocycles. The first-order chi connectivity index (χ1) is 15.0. The van der Waals surface area contributed by atoms with E-state index in [9.17, 15) is 14.9 Å². The molecule has 0 aliphatic rings. The molecule has 31 heavy (non-hydrogen) atoms. The van der Waals surface area contributed by atoms with Gasteiger partial charge in [0.25, 0.3) is 5.69 Å². The smallest absolute Gasteiger partial charge is 0.269 e. The van der Waals surface area contributed by atoms with Crippen molar-refractivity contribution in [3.63, 3.8) is 0 Å². The monoisotopic (exact) mass is 419 g/mol. The molecule has 3 rings (SSSR count). The number of nitro benzene ring substituents is 1. The third-order valence-corrected chi connectivity index (χ3v) is 4.83. The van der Waals surface area contributed by atoms with E-state index < -0.39 is 4.92 Å². The van der Waals surface area contributed by atoms with Gasteiger partial charge in [0.1, 0.15) is 5.75 Å². The van der Waals surface area contributed by atoms with E-state index in [1.807, 2.05) is 54.6 Å². The van der Waals surface area contributed by atoms with Crippen molar-refractivity contribution in [2.45, 2.75) is 19.4 Å². The molecule has 0 unspecified atom stereocenters. The topological polar surface area (TPSA) is 93.5 Å². The lowest BCUT2D eigenvalue weighted by molar-refractivity contribution is -0.384. The van der Waals surface area contributed by atoms with Crippen molar-refractivity contribution in [1.82, 2.24) is 5.32 Å². The Morgan fingerprint density at radius 1 is 0.968 bits per heavy atom. The molecule has 0 spiro atoms. The van der Waals surface area contributed by atoms with E-state index in [-0.39, 0.29) is 11.6 Å². The summed E-state index contributed by atoms with van der Waals surface area (Å²) in [5.74, 6) is 0.793. The molecule has 7 nitrogen and oxygen atoms in total. The molecule has 0 atom stereocenters. The number of nitro groups is 1. The number of non-ortho nitro benzene ring substituents is 1. The van der Waals surface area contributed by atoms with Crippen LogP contribution in [0.15, 0.2) is 72.8 Å². The van der Waals surface area contributed by atoms with Crippen LogP contribution >= 0.6 is 0 Å². The van der Waals surface area contributed by atoms with Crippen LogP contribution in [0.3, 0.4) is 0 Å². The molecule has 0 saturated heterocycles.